The van der Waals surface area contributed by atoms with E-state index < -0.39 is 0 Å². The lowest BCUT2D eigenvalue weighted by molar-refractivity contribution is 0.463. The minimum absolute atomic E-state index is 0.413. The lowest BCUT2D eigenvalue weighted by Crippen LogP contribution is -1.89. The molecule has 1 heterocycles. The summed E-state index contributed by atoms with van der Waals surface area (Å²) in [6.45, 7) is 1.95. The van der Waals surface area contributed by atoms with E-state index in [9.17, 15) is 0 Å². The average molecular weight is 245 g/mol. The molecule has 3 nitrogen and oxygen atoms in total. The maximum absolute atomic E-state index is 8.65. The Kier molecular flexibility index (Phi) is 3.27. The highest BCUT2D eigenvalue weighted by Gasteiger charge is 2.04. The maximum atomic E-state index is 8.65. The number of aryl methyl sites for hydroxylation is 1. The van der Waals surface area contributed by atoms with E-state index >= 15 is 0 Å². The number of ether oxygens (including phenoxy) is 1. The number of pyridine rings is 1. The lowest BCUT2D eigenvalue weighted by Gasteiger charge is -2.07. The maximum Gasteiger partial charge on any atom is 0.219 e. The van der Waals surface area contributed by atoms with Gasteiger partial charge in [0.25, 0.3) is 0 Å². The third-order valence-electron chi connectivity index (χ3n) is 2.17. The highest BCUT2D eigenvalue weighted by Crippen LogP contribution is 2.29. The summed E-state index contributed by atoms with van der Waals surface area (Å²) in [5, 5.41) is 9.18. The van der Waals surface area contributed by atoms with Gasteiger partial charge in [-0.15, -0.1) is 0 Å². The molecule has 84 valence electrons. The molecule has 1 aromatic heterocycles. The fourth-order valence-corrected chi connectivity index (χ4v) is 1.46. The zero-order valence-corrected chi connectivity index (χ0v) is 9.90. The van der Waals surface area contributed by atoms with E-state index in [0.717, 1.165) is 5.56 Å². The average Bonchev–Trinajstić information content (AvgIpc) is 2.35. The highest BCUT2D eigenvalue weighted by atomic mass is 35.5. The molecule has 0 bridgehead atoms. The predicted octanol–water partition coefficient (Wildman–Crippen LogP) is 3.71. The molecular weight excluding hydrogens is 236 g/mol. The number of hydrogen-bond acceptors (Lipinski definition) is 3. The monoisotopic (exact) mass is 244 g/mol. The summed E-state index contributed by atoms with van der Waals surface area (Å²) in [6.07, 6.45) is 1.46. The number of nitriles is 1. The molecule has 0 unspecified atom stereocenters. The van der Waals surface area contributed by atoms with Gasteiger partial charge in [0.05, 0.1) is 10.6 Å². The molecule has 0 atom stereocenters. The second kappa shape index (κ2) is 4.86. The smallest absolute Gasteiger partial charge is 0.219 e. The number of rotatable bonds is 2. The molecule has 1 aromatic carbocycles. The van der Waals surface area contributed by atoms with Crippen molar-refractivity contribution in [3.8, 4) is 17.7 Å². The molecule has 0 aliphatic heterocycles. The summed E-state index contributed by atoms with van der Waals surface area (Å²) in [4.78, 5) is 4.01. The molecule has 0 aliphatic carbocycles. The van der Waals surface area contributed by atoms with Crippen LogP contribution < -0.4 is 4.74 Å². The van der Waals surface area contributed by atoms with Gasteiger partial charge in [-0.25, -0.2) is 4.98 Å². The molecule has 0 amide bonds. The number of benzene rings is 1. The normalized spacial score (nSPS) is 9.71. The Labute approximate surface area is 104 Å². The van der Waals surface area contributed by atoms with Crippen LogP contribution in [0.2, 0.25) is 5.02 Å². The number of hydrogen-bond donors (Lipinski definition) is 0. The molecule has 2 aromatic rings. The van der Waals surface area contributed by atoms with Crippen LogP contribution in [0.3, 0.4) is 0 Å². The van der Waals surface area contributed by atoms with Crippen molar-refractivity contribution in [1.82, 2.24) is 4.98 Å². The Morgan fingerprint density at radius 3 is 2.76 bits per heavy atom. The molecular formula is C13H9ClN2O. The van der Waals surface area contributed by atoms with Crippen molar-refractivity contribution < 1.29 is 4.74 Å². The van der Waals surface area contributed by atoms with Crippen LogP contribution in [0.15, 0.2) is 36.5 Å². The summed E-state index contributed by atoms with van der Waals surface area (Å²) in [5.74, 6) is 0.973. The lowest BCUT2D eigenvalue weighted by atomic mass is 10.2. The van der Waals surface area contributed by atoms with Crippen LogP contribution in [-0.2, 0) is 0 Å². The quantitative estimate of drug-likeness (QED) is 0.809. The third-order valence-corrected chi connectivity index (χ3v) is 2.48. The van der Waals surface area contributed by atoms with Gasteiger partial charge < -0.3 is 4.74 Å². The van der Waals surface area contributed by atoms with Crippen LogP contribution in [0.4, 0.5) is 0 Å². The van der Waals surface area contributed by atoms with E-state index in [1.165, 1.54) is 6.20 Å². The van der Waals surface area contributed by atoms with E-state index in [1.807, 2.05) is 25.1 Å². The van der Waals surface area contributed by atoms with Gasteiger partial charge in [-0.1, -0.05) is 17.7 Å². The second-order valence-corrected chi connectivity index (χ2v) is 3.94. The molecule has 17 heavy (non-hydrogen) atoms. The van der Waals surface area contributed by atoms with Crippen LogP contribution in [0.25, 0.3) is 0 Å². The Balaban J connectivity index is 2.25. The first-order chi connectivity index (χ1) is 8.19. The topological polar surface area (TPSA) is 45.9 Å². The van der Waals surface area contributed by atoms with Crippen molar-refractivity contribution >= 4 is 11.6 Å². The fraction of sp³-hybridized carbons (Fsp3) is 0.0769. The van der Waals surface area contributed by atoms with Gasteiger partial charge in [0, 0.05) is 12.3 Å². The zero-order chi connectivity index (χ0) is 12.3. The Bertz CT molecular complexity index is 573. The van der Waals surface area contributed by atoms with Gasteiger partial charge in [0.2, 0.25) is 5.88 Å². The molecule has 0 spiro atoms. The van der Waals surface area contributed by atoms with Gasteiger partial charge >= 0.3 is 0 Å². The molecule has 4 heteroatoms. The molecule has 0 radical (unpaired) electrons. The summed E-state index contributed by atoms with van der Waals surface area (Å²) < 4.78 is 5.54. The van der Waals surface area contributed by atoms with Crippen LogP contribution in [0, 0.1) is 18.3 Å². The standard InChI is InChI=1S/C13H9ClN2O/c1-9-2-4-11(14)12(6-9)17-13-5-3-10(7-15)8-16-13/h2-6,8H,1H3. The summed E-state index contributed by atoms with van der Waals surface area (Å²) in [5.41, 5.74) is 1.55. The fourth-order valence-electron chi connectivity index (χ4n) is 1.31. The van der Waals surface area contributed by atoms with Gasteiger partial charge in [-0.05, 0) is 30.7 Å². The van der Waals surface area contributed by atoms with Crippen molar-refractivity contribution in [3.63, 3.8) is 0 Å². The van der Waals surface area contributed by atoms with E-state index in [0.29, 0.717) is 22.2 Å². The van der Waals surface area contributed by atoms with E-state index in [4.69, 9.17) is 21.6 Å². The first-order valence-electron chi connectivity index (χ1n) is 4.99. The molecule has 0 aliphatic rings. The Morgan fingerprint density at radius 1 is 1.29 bits per heavy atom. The van der Waals surface area contributed by atoms with Gasteiger partial charge in [0.1, 0.15) is 11.8 Å². The first-order valence-corrected chi connectivity index (χ1v) is 5.37. The Morgan fingerprint density at radius 2 is 2.12 bits per heavy atom. The zero-order valence-electron chi connectivity index (χ0n) is 9.14. The van der Waals surface area contributed by atoms with Gasteiger partial charge in [-0.3, -0.25) is 0 Å². The van der Waals surface area contributed by atoms with Gasteiger partial charge in [-0.2, -0.15) is 5.26 Å². The van der Waals surface area contributed by atoms with Crippen molar-refractivity contribution in [1.29, 1.82) is 5.26 Å². The number of aromatic nitrogens is 1. The second-order valence-electron chi connectivity index (χ2n) is 3.53. The number of nitrogens with zero attached hydrogens (tertiary/aromatic N) is 2. The molecule has 2 rings (SSSR count). The van der Waals surface area contributed by atoms with E-state index in [1.54, 1.807) is 18.2 Å². The third kappa shape index (κ3) is 2.74. The molecule has 0 fully saturated rings. The van der Waals surface area contributed by atoms with Crippen molar-refractivity contribution in [2.24, 2.45) is 0 Å². The van der Waals surface area contributed by atoms with Crippen LogP contribution in [-0.4, -0.2) is 4.98 Å². The Hall–Kier alpha value is -2.05. The van der Waals surface area contributed by atoms with Crippen molar-refractivity contribution in [2.45, 2.75) is 6.92 Å². The van der Waals surface area contributed by atoms with Crippen LogP contribution in [0.5, 0.6) is 11.6 Å². The highest BCUT2D eigenvalue weighted by molar-refractivity contribution is 6.32. The molecule has 0 saturated heterocycles. The minimum Gasteiger partial charge on any atom is -0.437 e. The van der Waals surface area contributed by atoms with E-state index in [2.05, 4.69) is 4.98 Å². The molecule has 0 N–H and O–H groups in total. The number of halogens is 1. The summed E-state index contributed by atoms with van der Waals surface area (Å²) in [6, 6.07) is 10.8. The van der Waals surface area contributed by atoms with E-state index in [-0.39, 0.29) is 0 Å². The van der Waals surface area contributed by atoms with Gasteiger partial charge in [0.15, 0.2) is 0 Å². The molecule has 0 saturated carbocycles. The summed E-state index contributed by atoms with van der Waals surface area (Å²) in [7, 11) is 0. The minimum atomic E-state index is 0.413. The summed E-state index contributed by atoms with van der Waals surface area (Å²) >= 11 is 6.00. The predicted molar refractivity (Wildman–Crippen MR) is 65.2 cm³/mol. The first kappa shape index (κ1) is 11.4. The van der Waals surface area contributed by atoms with Crippen molar-refractivity contribution in [2.75, 3.05) is 0 Å². The van der Waals surface area contributed by atoms with Crippen LogP contribution in [0.1, 0.15) is 11.1 Å². The van der Waals surface area contributed by atoms with Crippen LogP contribution >= 0.6 is 11.6 Å². The SMILES string of the molecule is Cc1ccc(Cl)c(Oc2ccc(C#N)cn2)c1. The largest absolute Gasteiger partial charge is 0.437 e. The van der Waals surface area contributed by atoms with Crippen molar-refractivity contribution in [3.05, 3.63) is 52.7 Å².